The van der Waals surface area contributed by atoms with Gasteiger partial charge in [0.15, 0.2) is 0 Å². The number of rotatable bonds is 3. The molecule has 0 aliphatic carbocycles. The minimum absolute atomic E-state index is 0.222. The number of esters is 1. The van der Waals surface area contributed by atoms with Gasteiger partial charge < -0.3 is 4.74 Å². The van der Waals surface area contributed by atoms with E-state index >= 15 is 0 Å². The Hall–Kier alpha value is -2.12. The Morgan fingerprint density at radius 3 is 2.62 bits per heavy atom. The molecule has 108 valence electrons. The lowest BCUT2D eigenvalue weighted by molar-refractivity contribution is 0.0603. The number of hydrogen-bond donors (Lipinski definition) is 0. The van der Waals surface area contributed by atoms with Crippen LogP contribution in [0.1, 0.15) is 10.4 Å². The zero-order valence-corrected chi connectivity index (χ0v) is 12.6. The van der Waals surface area contributed by atoms with Crippen molar-refractivity contribution in [1.82, 2.24) is 3.97 Å². The highest BCUT2D eigenvalue weighted by atomic mass is 32.2. The summed E-state index contributed by atoms with van der Waals surface area (Å²) in [5.74, 6) is -0.564. The normalized spacial score (nSPS) is 11.7. The van der Waals surface area contributed by atoms with Gasteiger partial charge >= 0.3 is 5.97 Å². The van der Waals surface area contributed by atoms with E-state index in [0.717, 1.165) is 15.3 Å². The molecule has 0 atom stereocenters. The number of aromatic nitrogens is 1. The molecular formula is C14H11NO4S2. The van der Waals surface area contributed by atoms with Gasteiger partial charge in [-0.2, -0.15) is 8.42 Å². The lowest BCUT2D eigenvalue weighted by Crippen LogP contribution is -2.10. The quantitative estimate of drug-likeness (QED) is 0.696. The summed E-state index contributed by atoms with van der Waals surface area (Å²) < 4.78 is 31.4. The Balaban J connectivity index is 2.32. The topological polar surface area (TPSA) is 65.4 Å². The van der Waals surface area contributed by atoms with E-state index in [9.17, 15) is 13.2 Å². The van der Waals surface area contributed by atoms with Crippen LogP contribution in [-0.4, -0.2) is 25.5 Å². The average Bonchev–Trinajstić information content (AvgIpc) is 3.14. The van der Waals surface area contributed by atoms with Gasteiger partial charge in [-0.3, -0.25) is 0 Å². The Kier molecular flexibility index (Phi) is 3.30. The van der Waals surface area contributed by atoms with Gasteiger partial charge in [-0.05, 0) is 17.5 Å². The average molecular weight is 321 g/mol. The lowest BCUT2D eigenvalue weighted by atomic mass is 10.2. The van der Waals surface area contributed by atoms with Crippen LogP contribution in [0, 0.1) is 0 Å². The van der Waals surface area contributed by atoms with E-state index in [1.165, 1.54) is 19.4 Å². The largest absolute Gasteiger partial charge is 0.465 e. The molecule has 0 aliphatic heterocycles. The van der Waals surface area contributed by atoms with Gasteiger partial charge in [0.25, 0.3) is 10.0 Å². The van der Waals surface area contributed by atoms with E-state index in [1.807, 2.05) is 0 Å². The summed E-state index contributed by atoms with van der Waals surface area (Å²) in [5, 5.41) is 2.24. The standard InChI is InChI=1S/C14H11NO4S2/c1-19-14(16)11-9-15(12-6-3-2-5-10(11)12)21(17,18)13-7-4-8-20-13/h2-9H,1H3. The van der Waals surface area contributed by atoms with Crippen molar-refractivity contribution in [3.8, 4) is 0 Å². The molecule has 0 saturated carbocycles. The van der Waals surface area contributed by atoms with E-state index in [-0.39, 0.29) is 9.77 Å². The summed E-state index contributed by atoms with van der Waals surface area (Å²) in [6.45, 7) is 0. The summed E-state index contributed by atoms with van der Waals surface area (Å²) in [6.07, 6.45) is 1.31. The van der Waals surface area contributed by atoms with E-state index in [0.29, 0.717) is 10.9 Å². The van der Waals surface area contributed by atoms with Gasteiger partial charge in [0, 0.05) is 11.6 Å². The fourth-order valence-corrected chi connectivity index (χ4v) is 4.58. The molecule has 0 radical (unpaired) electrons. The van der Waals surface area contributed by atoms with Crippen LogP contribution < -0.4 is 0 Å². The van der Waals surface area contributed by atoms with Crippen molar-refractivity contribution in [3.05, 3.63) is 53.5 Å². The first-order valence-corrected chi connectivity index (χ1v) is 8.35. The monoisotopic (exact) mass is 321 g/mol. The molecule has 0 unspecified atom stereocenters. The SMILES string of the molecule is COC(=O)c1cn(S(=O)(=O)c2cccs2)c2ccccc12. The predicted octanol–water partition coefficient (Wildman–Crippen LogP) is 2.73. The predicted molar refractivity (Wildman–Crippen MR) is 80.2 cm³/mol. The summed E-state index contributed by atoms with van der Waals surface area (Å²) >= 11 is 1.13. The lowest BCUT2D eigenvalue weighted by Gasteiger charge is -2.04. The third-order valence-corrected chi connectivity index (χ3v) is 6.14. The van der Waals surface area contributed by atoms with Crippen molar-refractivity contribution in [2.75, 3.05) is 7.11 Å². The van der Waals surface area contributed by atoms with Crippen molar-refractivity contribution in [2.45, 2.75) is 4.21 Å². The van der Waals surface area contributed by atoms with Crippen molar-refractivity contribution < 1.29 is 17.9 Å². The van der Waals surface area contributed by atoms with Crippen LogP contribution in [0.15, 0.2) is 52.2 Å². The van der Waals surface area contributed by atoms with Crippen molar-refractivity contribution in [2.24, 2.45) is 0 Å². The van der Waals surface area contributed by atoms with Crippen molar-refractivity contribution >= 4 is 38.2 Å². The van der Waals surface area contributed by atoms with Crippen LogP contribution in [0.2, 0.25) is 0 Å². The number of carbonyl (C=O) groups is 1. The molecule has 2 aromatic heterocycles. The minimum Gasteiger partial charge on any atom is -0.465 e. The molecule has 7 heteroatoms. The molecular weight excluding hydrogens is 310 g/mol. The summed E-state index contributed by atoms with van der Waals surface area (Å²) in [6, 6.07) is 10.0. The maximum absolute atomic E-state index is 12.7. The fraction of sp³-hybridized carbons (Fsp3) is 0.0714. The molecule has 0 bridgehead atoms. The molecule has 2 heterocycles. The van der Waals surface area contributed by atoms with Crippen molar-refractivity contribution in [3.63, 3.8) is 0 Å². The Labute approximate surface area is 125 Å². The molecule has 21 heavy (non-hydrogen) atoms. The van der Waals surface area contributed by atoms with E-state index in [4.69, 9.17) is 4.74 Å². The van der Waals surface area contributed by atoms with Gasteiger partial charge in [-0.1, -0.05) is 24.3 Å². The van der Waals surface area contributed by atoms with Crippen LogP contribution in [-0.2, 0) is 14.8 Å². The highest BCUT2D eigenvalue weighted by Crippen LogP contribution is 2.28. The number of fused-ring (bicyclic) bond motifs is 1. The van der Waals surface area contributed by atoms with Gasteiger partial charge in [0.2, 0.25) is 0 Å². The maximum atomic E-state index is 12.7. The third kappa shape index (κ3) is 2.14. The highest BCUT2D eigenvalue weighted by molar-refractivity contribution is 7.92. The molecule has 3 rings (SSSR count). The van der Waals surface area contributed by atoms with E-state index < -0.39 is 16.0 Å². The fourth-order valence-electron chi connectivity index (χ4n) is 2.13. The smallest absolute Gasteiger partial charge is 0.340 e. The van der Waals surface area contributed by atoms with Gasteiger partial charge in [-0.25, -0.2) is 8.77 Å². The molecule has 0 fully saturated rings. The number of nitrogens with zero attached hydrogens (tertiary/aromatic N) is 1. The summed E-state index contributed by atoms with van der Waals surface area (Å²) in [5.41, 5.74) is 0.680. The molecule has 0 saturated heterocycles. The van der Waals surface area contributed by atoms with Gasteiger partial charge in [-0.15, -0.1) is 11.3 Å². The summed E-state index contributed by atoms with van der Waals surface area (Å²) in [4.78, 5) is 11.8. The van der Waals surface area contributed by atoms with Gasteiger partial charge in [0.05, 0.1) is 18.2 Å². The first-order chi connectivity index (χ1) is 10.1. The van der Waals surface area contributed by atoms with E-state index in [1.54, 1.807) is 35.7 Å². The third-order valence-electron chi connectivity index (χ3n) is 3.09. The molecule has 0 spiro atoms. The number of thiophene rings is 1. The number of hydrogen-bond acceptors (Lipinski definition) is 5. The molecule has 1 aromatic carbocycles. The highest BCUT2D eigenvalue weighted by Gasteiger charge is 2.24. The summed E-state index contributed by atoms with van der Waals surface area (Å²) in [7, 11) is -2.45. The van der Waals surface area contributed by atoms with Crippen LogP contribution in [0.25, 0.3) is 10.9 Å². The zero-order valence-electron chi connectivity index (χ0n) is 11.0. The molecule has 5 nitrogen and oxygen atoms in total. The zero-order chi connectivity index (χ0) is 15.0. The Bertz CT molecular complexity index is 908. The Morgan fingerprint density at radius 1 is 1.19 bits per heavy atom. The van der Waals surface area contributed by atoms with Crippen LogP contribution in [0.5, 0.6) is 0 Å². The van der Waals surface area contributed by atoms with Gasteiger partial charge in [0.1, 0.15) is 4.21 Å². The second-order valence-electron chi connectivity index (χ2n) is 4.28. The molecule has 0 aliphatic rings. The number of benzene rings is 1. The van der Waals surface area contributed by atoms with Crippen LogP contribution in [0.4, 0.5) is 0 Å². The second-order valence-corrected chi connectivity index (χ2v) is 7.27. The molecule has 3 aromatic rings. The maximum Gasteiger partial charge on any atom is 0.340 e. The first-order valence-electron chi connectivity index (χ1n) is 6.03. The van der Waals surface area contributed by atoms with E-state index in [2.05, 4.69) is 0 Å². The molecule has 0 N–H and O–H groups in total. The number of ether oxygens (including phenoxy) is 1. The first kappa shape index (κ1) is 13.8. The number of para-hydroxylation sites is 1. The second kappa shape index (κ2) is 5.01. The number of carbonyl (C=O) groups excluding carboxylic acids is 1. The van der Waals surface area contributed by atoms with Crippen molar-refractivity contribution in [1.29, 1.82) is 0 Å². The van der Waals surface area contributed by atoms with Crippen LogP contribution >= 0.6 is 11.3 Å². The minimum atomic E-state index is -3.72. The van der Waals surface area contributed by atoms with Crippen LogP contribution in [0.3, 0.4) is 0 Å². The number of methoxy groups -OCH3 is 1. The Morgan fingerprint density at radius 2 is 1.95 bits per heavy atom. The molecule has 0 amide bonds.